The molecular formula is C13H17BrN2O. The molecule has 2 fully saturated rings. The molecule has 4 heteroatoms. The number of rotatable bonds is 4. The first-order valence-electron chi connectivity index (χ1n) is 6.33. The van der Waals surface area contributed by atoms with Crippen LogP contribution < -0.4 is 5.32 Å². The third kappa shape index (κ3) is 2.41. The predicted molar refractivity (Wildman–Crippen MR) is 70.1 cm³/mol. The van der Waals surface area contributed by atoms with Gasteiger partial charge < -0.3 is 9.88 Å². The number of amides is 1. The van der Waals surface area contributed by atoms with Crippen LogP contribution >= 0.6 is 15.9 Å². The monoisotopic (exact) mass is 296 g/mol. The van der Waals surface area contributed by atoms with E-state index in [1.807, 2.05) is 12.3 Å². The first-order chi connectivity index (χ1) is 8.15. The molecule has 3 rings (SSSR count). The van der Waals surface area contributed by atoms with Crippen molar-refractivity contribution < 1.29 is 4.79 Å². The van der Waals surface area contributed by atoms with Gasteiger partial charge in [-0.15, -0.1) is 0 Å². The van der Waals surface area contributed by atoms with Gasteiger partial charge >= 0.3 is 0 Å². The van der Waals surface area contributed by atoms with Gasteiger partial charge in [0.05, 0.1) is 0 Å². The molecule has 1 aromatic heterocycles. The van der Waals surface area contributed by atoms with Gasteiger partial charge in [0.25, 0.3) is 5.91 Å². The number of aromatic nitrogens is 1. The highest BCUT2D eigenvalue weighted by Gasteiger charge is 2.31. The van der Waals surface area contributed by atoms with Crippen LogP contribution in [0.15, 0.2) is 16.7 Å². The van der Waals surface area contributed by atoms with E-state index in [1.165, 1.54) is 25.7 Å². The Kier molecular flexibility index (Phi) is 2.77. The average Bonchev–Trinajstić information content (AvgIpc) is 3.14. The van der Waals surface area contributed by atoms with Crippen molar-refractivity contribution in [3.63, 3.8) is 0 Å². The molecule has 2 aliphatic carbocycles. The van der Waals surface area contributed by atoms with Gasteiger partial charge in [-0.1, -0.05) is 0 Å². The summed E-state index contributed by atoms with van der Waals surface area (Å²) in [4.78, 5) is 12.2. The van der Waals surface area contributed by atoms with E-state index in [0.717, 1.165) is 10.2 Å². The molecule has 0 spiro atoms. The minimum atomic E-state index is 0.0713. The molecule has 0 bridgehead atoms. The number of nitrogens with one attached hydrogen (secondary N) is 1. The van der Waals surface area contributed by atoms with E-state index in [-0.39, 0.29) is 5.91 Å². The number of carbonyl (C=O) groups is 1. The molecule has 2 aliphatic rings. The number of hydrogen-bond donors (Lipinski definition) is 1. The topological polar surface area (TPSA) is 34.0 Å². The summed E-state index contributed by atoms with van der Waals surface area (Å²) in [5.41, 5.74) is 0.798. The Morgan fingerprint density at radius 3 is 2.76 bits per heavy atom. The van der Waals surface area contributed by atoms with Gasteiger partial charge in [-0.25, -0.2) is 0 Å². The van der Waals surface area contributed by atoms with Crippen LogP contribution in [0, 0.1) is 5.92 Å². The quantitative estimate of drug-likeness (QED) is 0.910. The van der Waals surface area contributed by atoms with Crippen molar-refractivity contribution in [3.05, 3.63) is 22.4 Å². The van der Waals surface area contributed by atoms with Crippen LogP contribution in [-0.4, -0.2) is 16.5 Å². The van der Waals surface area contributed by atoms with Crippen LogP contribution in [0.25, 0.3) is 0 Å². The lowest BCUT2D eigenvalue weighted by atomic mass is 10.2. The zero-order valence-electron chi connectivity index (χ0n) is 9.95. The number of nitrogens with zero attached hydrogens (tertiary/aromatic N) is 1. The molecular weight excluding hydrogens is 280 g/mol. The standard InChI is InChI=1S/C13H17BrN2O/c1-8(9-2-3-9)15-13(17)12-6-10(14)7-16(12)11-4-5-11/h6-9,11H,2-5H2,1H3,(H,15,17). The summed E-state index contributed by atoms with van der Waals surface area (Å²) >= 11 is 3.45. The first kappa shape index (κ1) is 11.3. The van der Waals surface area contributed by atoms with Crippen molar-refractivity contribution in [1.82, 2.24) is 9.88 Å². The number of hydrogen-bond acceptors (Lipinski definition) is 1. The van der Waals surface area contributed by atoms with Crippen molar-refractivity contribution in [1.29, 1.82) is 0 Å². The van der Waals surface area contributed by atoms with Crippen LogP contribution in [0.2, 0.25) is 0 Å². The Balaban J connectivity index is 1.75. The van der Waals surface area contributed by atoms with E-state index in [2.05, 4.69) is 32.7 Å². The minimum absolute atomic E-state index is 0.0713. The smallest absolute Gasteiger partial charge is 0.268 e. The van der Waals surface area contributed by atoms with E-state index < -0.39 is 0 Å². The van der Waals surface area contributed by atoms with Gasteiger partial charge in [-0.05, 0) is 60.5 Å². The summed E-state index contributed by atoms with van der Waals surface area (Å²) in [6.07, 6.45) is 6.93. The fraction of sp³-hybridized carbons (Fsp3) is 0.615. The van der Waals surface area contributed by atoms with Crippen molar-refractivity contribution in [3.8, 4) is 0 Å². The first-order valence-corrected chi connectivity index (χ1v) is 7.12. The SMILES string of the molecule is CC(NC(=O)c1cc(Br)cn1C1CC1)C1CC1. The second-order valence-corrected chi connectivity index (χ2v) is 6.20. The van der Waals surface area contributed by atoms with Gasteiger partial charge in [0.2, 0.25) is 0 Å². The maximum Gasteiger partial charge on any atom is 0.268 e. The summed E-state index contributed by atoms with van der Waals surface area (Å²) in [5.74, 6) is 0.772. The van der Waals surface area contributed by atoms with Gasteiger partial charge in [-0.2, -0.15) is 0 Å². The Hall–Kier alpha value is -0.770. The molecule has 1 atom stereocenters. The van der Waals surface area contributed by atoms with Crippen LogP contribution in [-0.2, 0) is 0 Å². The molecule has 1 N–H and O–H groups in total. The van der Waals surface area contributed by atoms with Gasteiger partial charge in [0, 0.05) is 22.8 Å². The number of halogens is 1. The van der Waals surface area contributed by atoms with Crippen LogP contribution in [0.1, 0.15) is 49.1 Å². The molecule has 92 valence electrons. The summed E-state index contributed by atoms with van der Waals surface area (Å²) in [6.45, 7) is 2.11. The molecule has 1 heterocycles. The Morgan fingerprint density at radius 1 is 1.47 bits per heavy atom. The van der Waals surface area contributed by atoms with E-state index in [1.54, 1.807) is 0 Å². The van der Waals surface area contributed by atoms with Gasteiger partial charge in [0.15, 0.2) is 0 Å². The summed E-state index contributed by atoms with van der Waals surface area (Å²) < 4.78 is 3.10. The zero-order chi connectivity index (χ0) is 12.0. The highest BCUT2D eigenvalue weighted by atomic mass is 79.9. The molecule has 0 aliphatic heterocycles. The second kappa shape index (κ2) is 4.16. The molecule has 1 amide bonds. The highest BCUT2D eigenvalue weighted by molar-refractivity contribution is 9.10. The maximum absolute atomic E-state index is 12.2. The number of carbonyl (C=O) groups excluding carboxylic acids is 1. The summed E-state index contributed by atoms with van der Waals surface area (Å²) in [7, 11) is 0. The van der Waals surface area contributed by atoms with E-state index >= 15 is 0 Å². The van der Waals surface area contributed by atoms with E-state index in [4.69, 9.17) is 0 Å². The van der Waals surface area contributed by atoms with Crippen LogP contribution in [0.4, 0.5) is 0 Å². The lowest BCUT2D eigenvalue weighted by Crippen LogP contribution is -2.35. The fourth-order valence-electron chi connectivity index (χ4n) is 2.28. The van der Waals surface area contributed by atoms with Gasteiger partial charge in [-0.3, -0.25) is 4.79 Å². The van der Waals surface area contributed by atoms with E-state index in [0.29, 0.717) is 18.0 Å². The van der Waals surface area contributed by atoms with Crippen molar-refractivity contribution in [2.45, 2.75) is 44.7 Å². The lowest BCUT2D eigenvalue weighted by Gasteiger charge is -2.14. The molecule has 1 aromatic rings. The predicted octanol–water partition coefficient (Wildman–Crippen LogP) is 3.11. The van der Waals surface area contributed by atoms with Crippen LogP contribution in [0.5, 0.6) is 0 Å². The molecule has 3 nitrogen and oxygen atoms in total. The third-order valence-electron chi connectivity index (χ3n) is 3.68. The third-order valence-corrected chi connectivity index (χ3v) is 4.11. The summed E-state index contributed by atoms with van der Waals surface area (Å²) in [6, 6.07) is 2.77. The zero-order valence-corrected chi connectivity index (χ0v) is 11.5. The summed E-state index contributed by atoms with van der Waals surface area (Å²) in [5, 5.41) is 3.11. The molecule has 1 unspecified atom stereocenters. The molecule has 0 saturated heterocycles. The Bertz CT molecular complexity index is 446. The van der Waals surface area contributed by atoms with Crippen molar-refractivity contribution in [2.75, 3.05) is 0 Å². The van der Waals surface area contributed by atoms with Crippen molar-refractivity contribution >= 4 is 21.8 Å². The average molecular weight is 297 g/mol. The molecule has 0 aromatic carbocycles. The molecule has 2 saturated carbocycles. The van der Waals surface area contributed by atoms with Crippen molar-refractivity contribution in [2.24, 2.45) is 5.92 Å². The Labute approximate surface area is 110 Å². The minimum Gasteiger partial charge on any atom is -0.348 e. The molecule has 0 radical (unpaired) electrons. The van der Waals surface area contributed by atoms with Crippen LogP contribution in [0.3, 0.4) is 0 Å². The maximum atomic E-state index is 12.2. The Morgan fingerprint density at radius 2 is 2.18 bits per heavy atom. The van der Waals surface area contributed by atoms with E-state index in [9.17, 15) is 4.79 Å². The molecule has 17 heavy (non-hydrogen) atoms. The fourth-order valence-corrected chi connectivity index (χ4v) is 2.71. The lowest BCUT2D eigenvalue weighted by molar-refractivity contribution is 0.0926. The largest absolute Gasteiger partial charge is 0.348 e. The second-order valence-electron chi connectivity index (χ2n) is 5.28. The normalized spacial score (nSPS) is 21.3. The highest BCUT2D eigenvalue weighted by Crippen LogP contribution is 2.37. The van der Waals surface area contributed by atoms with Gasteiger partial charge in [0.1, 0.15) is 5.69 Å².